The third-order valence-electron chi connectivity index (χ3n) is 0. The molecule has 0 spiro atoms. The Hall–Kier alpha value is 71.4. The predicted molar refractivity (Wildman–Crippen MR) is 261 cm³/mol. The molecule has 0 aromatic carbocycles. The normalized spacial score (nSPS) is 0. The zero-order valence-corrected chi connectivity index (χ0v) is 227. The van der Waals surface area contributed by atoms with E-state index in [1.54, 1.807) is 0 Å². The van der Waals surface area contributed by atoms with Crippen LogP contribution in [0.15, 0.2) is 0 Å². The molecule has 0 aliphatic carbocycles. The van der Waals surface area contributed by atoms with Crippen molar-refractivity contribution in [2.45, 2.75) is 0 Å². The van der Waals surface area contributed by atoms with Gasteiger partial charge in [0.15, 0.2) is 0 Å². The van der Waals surface area contributed by atoms with Crippen molar-refractivity contribution in [3.8, 4) is 0 Å². The molecule has 0 amide bonds. The third-order valence-corrected chi connectivity index (χ3v) is 0. The van der Waals surface area contributed by atoms with Crippen LogP contribution in [0.2, 0.25) is 0 Å². The first-order valence-electron chi connectivity index (χ1n) is 0. The summed E-state index contributed by atoms with van der Waals surface area (Å²) in [5, 5.41) is 0. The van der Waals surface area contributed by atoms with Crippen LogP contribution in [0.5, 0.6) is 0 Å². The molecule has 0 heterocycles. The molecule has 288 valence electrons. The summed E-state index contributed by atoms with van der Waals surface area (Å²) < 4.78 is 0. The minimum Gasteiger partial charge on any atom is -0.147 e. The molecule has 0 fully saturated rings. The van der Waals surface area contributed by atoms with Gasteiger partial charge >= 0.3 is 1800 Å². The van der Waals surface area contributed by atoms with Gasteiger partial charge in [0.05, 0.1) is 0 Å². The Bertz CT molecular complexity index is 92.3. The van der Waals surface area contributed by atoms with E-state index in [0.717, 1.165) is 0 Å². The Balaban J connectivity index is 0. The van der Waals surface area contributed by atoms with Crippen molar-refractivity contribution in [2.24, 2.45) is 0 Å². The van der Waals surface area contributed by atoms with Crippen LogP contribution in [0.25, 0.3) is 0 Å². The SMILES string of the molecule is Cl.Cl.Cl.Cl.Cl.Cl.Cl.Cl.Cl.Cl.Cl.Cl.Cl.Cl.Cl.Cl.Cl.Cl.Cl.Cl.Cl.Cl.Cl.Cl.Cl.Cl.Cl.Cl.Cl.Cl.Cl.Cl.Cl.Cl.Cl.Cl.[Na+].[Na+].[Na+].[Na+].[Na+].[Na+].[Na+].[Na+].[Na+].[Na+].[Na+].[Na+].[Na+].[Na+].[Na+].[Na+].[Na+].[Na+].[Na+].[Na+].[Na+].[Na+].[Na+].[Na+].[Na+].[Na+].[Na+].[Na+].[Na+].[Na+].[Na+].[Na+].[Na+].[Na+].[Na+].[Na+].[Na+].[Na+].[Na+].[Na+].[Na+].[Na+].[Na+].[Na+].[Na+].[Na+].[Na+].[Na+].[Na+].[Na+].[Na+].[Na+].[Na+].[Na+].[Na+].[Na+].[Na+].[Na+].[Na+].[Na+].[Na+]. The maximum atomic E-state index is 0. The number of rotatable bonds is 0. The Kier molecular flexibility index (Phi) is 8670. The van der Waals surface area contributed by atoms with Gasteiger partial charge < -0.3 is 0 Å². The fourth-order valence-electron chi connectivity index (χ4n) is 0. The molecule has 0 radical (unpaired) electrons. The first kappa shape index (κ1) is 925. The predicted octanol–water partition coefficient (Wildman–Crippen LogP) is -168. The summed E-state index contributed by atoms with van der Waals surface area (Å²) in [6.07, 6.45) is 0. The van der Waals surface area contributed by atoms with E-state index in [2.05, 4.69) is 0 Å². The molecular weight excluding hydrogens is 2680 g/mol. The topological polar surface area (TPSA) is 0 Å². The Morgan fingerprint density at radius 1 is 0.0206 bits per heavy atom. The maximum Gasteiger partial charge on any atom is 1.00 e. The largest absolute Gasteiger partial charge is 1.00 e. The molecule has 97 heteroatoms. The zero-order chi connectivity index (χ0) is 0. The molecule has 0 aromatic rings. The molecule has 0 unspecified atom stereocenters. The third kappa shape index (κ3) is 898. The van der Waals surface area contributed by atoms with Gasteiger partial charge in [-0.2, -0.15) is 0 Å². The summed E-state index contributed by atoms with van der Waals surface area (Å²) in [5.74, 6) is 0. The second-order valence-electron chi connectivity index (χ2n) is 0. The summed E-state index contributed by atoms with van der Waals surface area (Å²) >= 11 is 0. The van der Waals surface area contributed by atoms with Crippen LogP contribution in [0.4, 0.5) is 0 Å². The molecule has 0 atom stereocenters. The minimum atomic E-state index is 0. The van der Waals surface area contributed by atoms with Crippen LogP contribution in [0, 0.1) is 0 Å². The van der Waals surface area contributed by atoms with Crippen molar-refractivity contribution in [2.75, 3.05) is 0 Å². The smallest absolute Gasteiger partial charge is 0.147 e. The summed E-state index contributed by atoms with van der Waals surface area (Å²) in [6.45, 7) is 0. The number of hydrogen-bond acceptors (Lipinski definition) is 0. The minimum absolute atomic E-state index is 0. The van der Waals surface area contributed by atoms with Crippen molar-refractivity contribution in [1.82, 2.24) is 0 Å². The second kappa shape index (κ2) is 909. The molecule has 0 aliphatic rings. The fraction of sp³-hybridized carbons (Fsp3) is 0. The van der Waals surface area contributed by atoms with Crippen LogP contribution >= 0.6 is 447 Å². The quantitative estimate of drug-likeness (QED) is 0.212. The second-order valence-corrected chi connectivity index (χ2v) is 0. The van der Waals surface area contributed by atoms with Crippen molar-refractivity contribution in [3.63, 3.8) is 0 Å². The molecule has 97 heavy (non-hydrogen) atoms. The number of halogens is 36. The van der Waals surface area contributed by atoms with E-state index in [1.807, 2.05) is 0 Å². The van der Waals surface area contributed by atoms with E-state index in [-0.39, 0.29) is 2250 Å². The fourth-order valence-corrected chi connectivity index (χ4v) is 0. The molecule has 0 N–H and O–H groups in total. The zero-order valence-electron chi connectivity index (χ0n) is 75.7. The van der Waals surface area contributed by atoms with Crippen molar-refractivity contribution >= 4 is 447 Å². The van der Waals surface area contributed by atoms with Gasteiger partial charge in [0, 0.05) is 0 Å². The standard InChI is InChI=1S/36ClH.61Na/h36*1H;;;;;;;;;;;;;;;;;;;;;;;;;;;;;;;;;;;;;;;;;;;;;;;;;;;;;;;;;;;;;/q;;;;;;;;;;;;;;;;;;;;;;;;;;;;;;;;;;;;61*+1. The maximum absolute atomic E-state index is 0. The Labute approximate surface area is 2170 Å². The van der Waals surface area contributed by atoms with E-state index in [0.29, 0.717) is 0 Å². The molecule has 0 bridgehead atoms. The van der Waals surface area contributed by atoms with Gasteiger partial charge in [0.25, 0.3) is 0 Å². The van der Waals surface area contributed by atoms with Gasteiger partial charge in [-0.1, -0.05) is 0 Å². The molecule has 0 aliphatic heterocycles. The molecular formula is H36Cl36Na61+61. The van der Waals surface area contributed by atoms with Gasteiger partial charge in [0.1, 0.15) is 0 Å². The van der Waals surface area contributed by atoms with Gasteiger partial charge in [-0.05, 0) is 0 Å². The first-order valence-corrected chi connectivity index (χ1v) is 0. The average molecular weight is 2710 g/mol. The summed E-state index contributed by atoms with van der Waals surface area (Å²) in [7, 11) is 0. The summed E-state index contributed by atoms with van der Waals surface area (Å²) in [6, 6.07) is 0. The van der Waals surface area contributed by atoms with Gasteiger partial charge in [-0.15, -0.1) is 447 Å². The van der Waals surface area contributed by atoms with Gasteiger partial charge in [0.2, 0.25) is 0 Å². The summed E-state index contributed by atoms with van der Waals surface area (Å²) in [4.78, 5) is 0. The van der Waals surface area contributed by atoms with Crippen molar-refractivity contribution in [1.29, 1.82) is 0 Å². The molecule has 0 rings (SSSR count). The van der Waals surface area contributed by atoms with Crippen LogP contribution < -0.4 is 1800 Å². The molecule has 0 aromatic heterocycles. The van der Waals surface area contributed by atoms with Crippen LogP contribution in [-0.4, -0.2) is 0 Å². The van der Waals surface area contributed by atoms with Crippen LogP contribution in [0.1, 0.15) is 0 Å². The van der Waals surface area contributed by atoms with E-state index in [1.165, 1.54) is 0 Å². The Morgan fingerprint density at radius 2 is 0.0206 bits per heavy atom. The molecule has 0 nitrogen and oxygen atoms in total. The average Bonchev–Trinajstić information content (AvgIpc) is 0. The van der Waals surface area contributed by atoms with E-state index in [4.69, 9.17) is 0 Å². The van der Waals surface area contributed by atoms with E-state index < -0.39 is 0 Å². The molecule has 0 saturated heterocycles. The van der Waals surface area contributed by atoms with Crippen molar-refractivity contribution < 1.29 is 1800 Å². The van der Waals surface area contributed by atoms with E-state index in [9.17, 15) is 0 Å². The summed E-state index contributed by atoms with van der Waals surface area (Å²) in [5.41, 5.74) is 0. The van der Waals surface area contributed by atoms with Crippen LogP contribution in [0.3, 0.4) is 0 Å². The molecule has 0 saturated carbocycles. The monoisotopic (exact) mass is 2700 g/mol. The van der Waals surface area contributed by atoms with Crippen molar-refractivity contribution in [3.05, 3.63) is 0 Å². The Morgan fingerprint density at radius 3 is 0.0206 bits per heavy atom. The number of hydrogen-bond donors (Lipinski definition) is 0. The first-order chi connectivity index (χ1) is 0. The van der Waals surface area contributed by atoms with Crippen LogP contribution in [-0.2, 0) is 0 Å². The van der Waals surface area contributed by atoms with E-state index >= 15 is 0 Å². The van der Waals surface area contributed by atoms with Gasteiger partial charge in [-0.3, -0.25) is 0 Å². The van der Waals surface area contributed by atoms with Gasteiger partial charge in [-0.25, -0.2) is 0 Å².